The molecule has 2 atom stereocenters. The molecule has 3 rings (SSSR count). The van der Waals surface area contributed by atoms with Crippen molar-refractivity contribution in [1.29, 1.82) is 0 Å². The van der Waals surface area contributed by atoms with Crippen molar-refractivity contribution in [3.8, 4) is 0 Å². The van der Waals surface area contributed by atoms with E-state index in [0.29, 0.717) is 17.7 Å². The van der Waals surface area contributed by atoms with Crippen molar-refractivity contribution in [1.82, 2.24) is 19.6 Å². The molecule has 2 aromatic rings. The van der Waals surface area contributed by atoms with Crippen LogP contribution in [-0.2, 0) is 7.05 Å². The number of carbonyl (C=O) groups excluding carboxylic acids is 1. The topological polar surface area (TPSA) is 41.4 Å². The van der Waals surface area contributed by atoms with Gasteiger partial charge in [0.15, 0.2) is 5.69 Å². The number of rotatable bonds is 4. The van der Waals surface area contributed by atoms with Gasteiger partial charge in [0.05, 0.1) is 5.52 Å². The minimum Gasteiger partial charge on any atom is -0.335 e. The fraction of sp³-hybridized carbons (Fsp3) is 0.556. The largest absolute Gasteiger partial charge is 0.335 e. The van der Waals surface area contributed by atoms with E-state index in [1.54, 1.807) is 4.68 Å². The zero-order chi connectivity index (χ0) is 16.6. The lowest BCUT2D eigenvalue weighted by molar-refractivity contribution is 0.0772. The second-order valence-corrected chi connectivity index (χ2v) is 6.47. The molecule has 0 aliphatic carbocycles. The van der Waals surface area contributed by atoms with Crippen LogP contribution in [0.5, 0.6) is 0 Å². The van der Waals surface area contributed by atoms with Crippen LogP contribution >= 0.6 is 0 Å². The van der Waals surface area contributed by atoms with Crippen LogP contribution in [0.2, 0.25) is 0 Å². The van der Waals surface area contributed by atoms with Crippen LogP contribution in [0, 0.1) is 5.92 Å². The summed E-state index contributed by atoms with van der Waals surface area (Å²) in [5.41, 5.74) is 1.58. The Hall–Kier alpha value is -1.88. The van der Waals surface area contributed by atoms with Crippen LogP contribution in [0.3, 0.4) is 0 Å². The third-order valence-electron chi connectivity index (χ3n) is 5.10. The lowest BCUT2D eigenvalue weighted by Crippen LogP contribution is -2.40. The lowest BCUT2D eigenvalue weighted by Gasteiger charge is -2.28. The minimum absolute atomic E-state index is 0.0586. The average molecular weight is 314 g/mol. The maximum absolute atomic E-state index is 13.0. The summed E-state index contributed by atoms with van der Waals surface area (Å²) >= 11 is 0. The van der Waals surface area contributed by atoms with Crippen LogP contribution in [0.25, 0.3) is 10.9 Å². The van der Waals surface area contributed by atoms with Gasteiger partial charge in [-0.3, -0.25) is 14.4 Å². The first-order valence-corrected chi connectivity index (χ1v) is 8.51. The van der Waals surface area contributed by atoms with Crippen LogP contribution in [0.1, 0.15) is 31.3 Å². The molecule has 1 fully saturated rings. The second kappa shape index (κ2) is 6.32. The molecule has 1 aliphatic heterocycles. The summed E-state index contributed by atoms with van der Waals surface area (Å²) in [7, 11) is 1.89. The molecule has 0 N–H and O–H groups in total. The number of nitrogens with zero attached hydrogens (tertiary/aromatic N) is 4. The third-order valence-corrected chi connectivity index (χ3v) is 5.10. The molecule has 0 bridgehead atoms. The number of fused-ring (bicyclic) bond motifs is 1. The Morgan fingerprint density at radius 1 is 1.26 bits per heavy atom. The van der Waals surface area contributed by atoms with E-state index in [1.807, 2.05) is 36.2 Å². The summed E-state index contributed by atoms with van der Waals surface area (Å²) in [4.78, 5) is 17.4. The molecule has 1 aliphatic rings. The Morgan fingerprint density at radius 2 is 1.96 bits per heavy atom. The normalized spacial score (nSPS) is 21.5. The van der Waals surface area contributed by atoms with E-state index in [9.17, 15) is 4.79 Å². The van der Waals surface area contributed by atoms with E-state index in [4.69, 9.17) is 0 Å². The smallest absolute Gasteiger partial charge is 0.275 e. The van der Waals surface area contributed by atoms with Gasteiger partial charge >= 0.3 is 0 Å². The maximum atomic E-state index is 13.0. The number of hydrogen-bond acceptors (Lipinski definition) is 3. The van der Waals surface area contributed by atoms with Gasteiger partial charge in [-0.1, -0.05) is 39.0 Å². The number of likely N-dealkylation sites (tertiary alicyclic amines) is 1. The van der Waals surface area contributed by atoms with Crippen LogP contribution in [-0.4, -0.2) is 57.7 Å². The monoisotopic (exact) mass is 314 g/mol. The van der Waals surface area contributed by atoms with Crippen molar-refractivity contribution in [3.63, 3.8) is 0 Å². The predicted octanol–water partition coefficient (Wildman–Crippen LogP) is 2.38. The molecular formula is C18H26N4O. The molecule has 5 nitrogen and oxygen atoms in total. The van der Waals surface area contributed by atoms with Crippen molar-refractivity contribution in [2.45, 2.75) is 26.8 Å². The number of likely N-dealkylation sites (N-methyl/N-ethyl adjacent to an activating group) is 1. The molecule has 124 valence electrons. The molecule has 5 heteroatoms. The highest BCUT2D eigenvalue weighted by Gasteiger charge is 2.36. The van der Waals surface area contributed by atoms with Crippen LogP contribution < -0.4 is 0 Å². The standard InChI is InChI=1S/C18H26N4O/c1-5-21(6-2)16-12-22(11-13(16)3)18(23)17-14-9-7-8-10-15(14)20(4)19-17/h7-10,13,16H,5-6,11-12H2,1-4H3. The molecule has 0 saturated carbocycles. The predicted molar refractivity (Wildman–Crippen MR) is 92.5 cm³/mol. The molecule has 2 heterocycles. The Morgan fingerprint density at radius 3 is 2.65 bits per heavy atom. The SMILES string of the molecule is CCN(CC)C1CN(C(=O)c2nn(C)c3ccccc23)CC1C. The van der Waals surface area contributed by atoms with E-state index in [0.717, 1.165) is 37.1 Å². The zero-order valence-electron chi connectivity index (χ0n) is 14.5. The summed E-state index contributed by atoms with van der Waals surface area (Å²) in [5.74, 6) is 0.553. The molecule has 1 aromatic heterocycles. The first-order chi connectivity index (χ1) is 11.1. The quantitative estimate of drug-likeness (QED) is 0.870. The molecule has 2 unspecified atom stereocenters. The average Bonchev–Trinajstić information content (AvgIpc) is 3.10. The Bertz CT molecular complexity index is 704. The number of aromatic nitrogens is 2. The number of benzene rings is 1. The molecule has 23 heavy (non-hydrogen) atoms. The fourth-order valence-electron chi connectivity index (χ4n) is 3.80. The van der Waals surface area contributed by atoms with Crippen LogP contribution in [0.15, 0.2) is 24.3 Å². The van der Waals surface area contributed by atoms with Crippen molar-refractivity contribution < 1.29 is 4.79 Å². The highest BCUT2D eigenvalue weighted by molar-refractivity contribution is 6.04. The molecule has 0 spiro atoms. The van der Waals surface area contributed by atoms with E-state index < -0.39 is 0 Å². The van der Waals surface area contributed by atoms with Gasteiger partial charge in [-0.05, 0) is 25.1 Å². The Balaban J connectivity index is 1.86. The van der Waals surface area contributed by atoms with Crippen molar-refractivity contribution in [3.05, 3.63) is 30.0 Å². The third kappa shape index (κ3) is 2.74. The summed E-state index contributed by atoms with van der Waals surface area (Å²) in [5, 5.41) is 5.42. The van der Waals surface area contributed by atoms with Gasteiger partial charge < -0.3 is 4.90 Å². The van der Waals surface area contributed by atoms with Gasteiger partial charge in [0, 0.05) is 31.6 Å². The van der Waals surface area contributed by atoms with Crippen LogP contribution in [0.4, 0.5) is 0 Å². The van der Waals surface area contributed by atoms with Gasteiger partial charge in [0.25, 0.3) is 5.91 Å². The van der Waals surface area contributed by atoms with E-state index in [1.165, 1.54) is 0 Å². The zero-order valence-corrected chi connectivity index (χ0v) is 14.5. The number of para-hydroxylation sites is 1. The fourth-order valence-corrected chi connectivity index (χ4v) is 3.80. The van der Waals surface area contributed by atoms with E-state index in [-0.39, 0.29) is 5.91 Å². The van der Waals surface area contributed by atoms with Crippen molar-refractivity contribution in [2.75, 3.05) is 26.2 Å². The highest BCUT2D eigenvalue weighted by atomic mass is 16.2. The van der Waals surface area contributed by atoms with E-state index in [2.05, 4.69) is 30.8 Å². The molecule has 1 aromatic carbocycles. The summed E-state index contributed by atoms with van der Waals surface area (Å²) in [6.45, 7) is 10.3. The second-order valence-electron chi connectivity index (χ2n) is 6.47. The Kier molecular flexibility index (Phi) is 4.39. The summed E-state index contributed by atoms with van der Waals surface area (Å²) in [6, 6.07) is 8.38. The highest BCUT2D eigenvalue weighted by Crippen LogP contribution is 2.25. The van der Waals surface area contributed by atoms with Crippen molar-refractivity contribution in [2.24, 2.45) is 13.0 Å². The summed E-state index contributed by atoms with van der Waals surface area (Å²) < 4.78 is 1.80. The number of carbonyl (C=O) groups is 1. The minimum atomic E-state index is 0.0586. The molecule has 1 amide bonds. The van der Waals surface area contributed by atoms with Gasteiger partial charge in [0.1, 0.15) is 0 Å². The first kappa shape index (κ1) is 16.0. The maximum Gasteiger partial charge on any atom is 0.275 e. The van der Waals surface area contributed by atoms with Crippen molar-refractivity contribution >= 4 is 16.8 Å². The van der Waals surface area contributed by atoms with Gasteiger partial charge in [-0.2, -0.15) is 5.10 Å². The van der Waals surface area contributed by atoms with Gasteiger partial charge in [0.2, 0.25) is 0 Å². The number of amides is 1. The lowest BCUT2D eigenvalue weighted by atomic mass is 10.1. The Labute approximate surface area is 137 Å². The molecule has 0 radical (unpaired) electrons. The number of hydrogen-bond donors (Lipinski definition) is 0. The van der Waals surface area contributed by atoms with Gasteiger partial charge in [-0.15, -0.1) is 0 Å². The first-order valence-electron chi connectivity index (χ1n) is 8.51. The number of aryl methyl sites for hydroxylation is 1. The van der Waals surface area contributed by atoms with Gasteiger partial charge in [-0.25, -0.2) is 0 Å². The molecular weight excluding hydrogens is 288 g/mol. The van der Waals surface area contributed by atoms with E-state index >= 15 is 0 Å². The summed E-state index contributed by atoms with van der Waals surface area (Å²) in [6.07, 6.45) is 0. The molecule has 1 saturated heterocycles.